The standard InChI is InChI=1S/C18H16N2OS.HI/c1-20(2,3)11-8-9-14-13(10-11)16-12-6-4-5-7-15(12)22-17(16)18(21)19-14;/h4-10H,1-3H3;1H. The molecule has 0 fully saturated rings. The van der Waals surface area contributed by atoms with Gasteiger partial charge < -0.3 is 29.0 Å². The SMILES string of the molecule is C[N+](C)(C)c1ccc2[nH]c(=O)c3sc4ccccc4c3c2c1.[I-]. The van der Waals surface area contributed by atoms with Crippen LogP contribution < -0.4 is 34.0 Å². The summed E-state index contributed by atoms with van der Waals surface area (Å²) in [4.78, 5) is 15.4. The molecule has 0 aliphatic rings. The van der Waals surface area contributed by atoms with Crippen LogP contribution in [0.1, 0.15) is 0 Å². The van der Waals surface area contributed by atoms with E-state index in [1.165, 1.54) is 5.69 Å². The molecule has 0 aliphatic heterocycles. The Balaban J connectivity index is 0.00000156. The quantitative estimate of drug-likeness (QED) is 0.352. The zero-order valence-electron chi connectivity index (χ0n) is 13.2. The lowest BCUT2D eigenvalue weighted by molar-refractivity contribution is -0.00000451. The van der Waals surface area contributed by atoms with Crippen LogP contribution >= 0.6 is 11.3 Å². The van der Waals surface area contributed by atoms with Crippen LogP contribution in [0.3, 0.4) is 0 Å². The minimum atomic E-state index is 0. The number of quaternary nitrogens is 1. The van der Waals surface area contributed by atoms with Crippen LogP contribution in [0.25, 0.3) is 31.1 Å². The summed E-state index contributed by atoms with van der Waals surface area (Å²) in [6, 6.07) is 14.5. The maximum absolute atomic E-state index is 12.4. The van der Waals surface area contributed by atoms with Gasteiger partial charge in [-0.25, -0.2) is 0 Å². The van der Waals surface area contributed by atoms with Crippen molar-refractivity contribution in [3.05, 3.63) is 52.8 Å². The molecule has 0 spiro atoms. The van der Waals surface area contributed by atoms with Gasteiger partial charge in [0.1, 0.15) is 10.4 Å². The second-order valence-electron chi connectivity index (χ2n) is 6.50. The predicted octanol–water partition coefficient (Wildman–Crippen LogP) is 1.10. The first-order valence-corrected chi connectivity index (χ1v) is 8.06. The molecule has 5 heteroatoms. The number of benzene rings is 2. The summed E-state index contributed by atoms with van der Waals surface area (Å²) < 4.78 is 2.72. The molecule has 118 valence electrons. The first kappa shape index (κ1) is 16.4. The predicted molar refractivity (Wildman–Crippen MR) is 97.0 cm³/mol. The third-order valence-electron chi connectivity index (χ3n) is 4.10. The number of thiophene rings is 1. The number of aromatic amines is 1. The van der Waals surface area contributed by atoms with Gasteiger partial charge in [-0.3, -0.25) is 9.28 Å². The molecule has 2 aromatic carbocycles. The van der Waals surface area contributed by atoms with Gasteiger partial charge >= 0.3 is 0 Å². The smallest absolute Gasteiger partial charge is 0.266 e. The van der Waals surface area contributed by atoms with E-state index in [1.54, 1.807) is 11.3 Å². The highest BCUT2D eigenvalue weighted by Crippen LogP contribution is 2.37. The lowest BCUT2D eigenvalue weighted by atomic mass is 10.1. The zero-order chi connectivity index (χ0) is 15.5. The molecule has 0 saturated heterocycles. The Hall–Kier alpha value is -1.44. The van der Waals surface area contributed by atoms with E-state index in [4.69, 9.17) is 0 Å². The van der Waals surface area contributed by atoms with Gasteiger partial charge in [0.2, 0.25) is 0 Å². The number of H-pyrrole nitrogens is 1. The van der Waals surface area contributed by atoms with Gasteiger partial charge in [0.15, 0.2) is 0 Å². The molecule has 2 heterocycles. The van der Waals surface area contributed by atoms with E-state index in [-0.39, 0.29) is 29.5 Å². The average molecular weight is 436 g/mol. The Bertz CT molecular complexity index is 1090. The summed E-state index contributed by atoms with van der Waals surface area (Å²) in [5.74, 6) is 0. The average Bonchev–Trinajstić information content (AvgIpc) is 2.86. The first-order chi connectivity index (χ1) is 10.4. The number of fused-ring (bicyclic) bond motifs is 5. The fraction of sp³-hybridized carbons (Fsp3) is 0.167. The van der Waals surface area contributed by atoms with Crippen LogP contribution in [-0.2, 0) is 0 Å². The van der Waals surface area contributed by atoms with Crippen LogP contribution in [0.4, 0.5) is 5.69 Å². The molecule has 0 radical (unpaired) electrons. The van der Waals surface area contributed by atoms with E-state index in [0.717, 1.165) is 35.6 Å². The van der Waals surface area contributed by atoms with Crippen LogP contribution in [0.15, 0.2) is 47.3 Å². The van der Waals surface area contributed by atoms with Gasteiger partial charge in [0, 0.05) is 38.5 Å². The van der Waals surface area contributed by atoms with E-state index in [0.29, 0.717) is 0 Å². The van der Waals surface area contributed by atoms with E-state index in [9.17, 15) is 4.79 Å². The van der Waals surface area contributed by atoms with E-state index in [2.05, 4.69) is 50.4 Å². The number of nitrogens with zero attached hydrogens (tertiary/aromatic N) is 1. The molecule has 0 atom stereocenters. The maximum Gasteiger partial charge on any atom is 0.266 e. The van der Waals surface area contributed by atoms with Crippen molar-refractivity contribution < 1.29 is 24.0 Å². The zero-order valence-corrected chi connectivity index (χ0v) is 16.2. The molecule has 0 aliphatic carbocycles. The van der Waals surface area contributed by atoms with Crippen molar-refractivity contribution in [2.24, 2.45) is 0 Å². The third-order valence-corrected chi connectivity index (χ3v) is 5.27. The van der Waals surface area contributed by atoms with E-state index >= 15 is 0 Å². The third kappa shape index (κ3) is 2.56. The highest BCUT2D eigenvalue weighted by atomic mass is 127. The summed E-state index contributed by atoms with van der Waals surface area (Å²) >= 11 is 1.57. The largest absolute Gasteiger partial charge is 1.00 e. The number of pyridine rings is 1. The summed E-state index contributed by atoms with van der Waals surface area (Å²) in [6.45, 7) is 0. The summed E-state index contributed by atoms with van der Waals surface area (Å²) in [6.07, 6.45) is 0. The van der Waals surface area contributed by atoms with Crippen molar-refractivity contribution in [3.63, 3.8) is 0 Å². The summed E-state index contributed by atoms with van der Waals surface area (Å²) in [5.41, 5.74) is 2.12. The van der Waals surface area contributed by atoms with Crippen molar-refractivity contribution in [3.8, 4) is 0 Å². The number of hydrogen-bond acceptors (Lipinski definition) is 2. The van der Waals surface area contributed by atoms with Crippen molar-refractivity contribution in [1.29, 1.82) is 0 Å². The first-order valence-electron chi connectivity index (χ1n) is 7.24. The van der Waals surface area contributed by atoms with Gasteiger partial charge in [-0.05, 0) is 12.1 Å². The minimum absolute atomic E-state index is 0. The van der Waals surface area contributed by atoms with Crippen molar-refractivity contribution in [2.45, 2.75) is 0 Å². The van der Waals surface area contributed by atoms with Crippen LogP contribution in [0.2, 0.25) is 0 Å². The van der Waals surface area contributed by atoms with Crippen molar-refractivity contribution in [2.75, 3.05) is 21.1 Å². The molecule has 3 nitrogen and oxygen atoms in total. The number of rotatable bonds is 1. The Labute approximate surface area is 155 Å². The molecule has 23 heavy (non-hydrogen) atoms. The molecule has 4 rings (SSSR count). The van der Waals surface area contributed by atoms with Crippen molar-refractivity contribution in [1.82, 2.24) is 9.47 Å². The van der Waals surface area contributed by atoms with Crippen molar-refractivity contribution >= 4 is 48.1 Å². The highest BCUT2D eigenvalue weighted by Gasteiger charge is 2.16. The molecule has 2 aromatic heterocycles. The normalized spacial score (nSPS) is 12.0. The molecular formula is C18H17IN2OS. The van der Waals surface area contributed by atoms with Crippen LogP contribution in [0.5, 0.6) is 0 Å². The minimum Gasteiger partial charge on any atom is -1.00 e. The molecular weight excluding hydrogens is 419 g/mol. The van der Waals surface area contributed by atoms with Gasteiger partial charge in [0.05, 0.1) is 21.1 Å². The number of halogens is 1. The number of nitrogens with one attached hydrogen (secondary N) is 1. The summed E-state index contributed by atoms with van der Waals surface area (Å²) in [7, 11) is 6.45. The second kappa shape index (κ2) is 5.58. The lowest BCUT2D eigenvalue weighted by Crippen LogP contribution is -3.00. The number of hydrogen-bond donors (Lipinski definition) is 1. The topological polar surface area (TPSA) is 32.9 Å². The molecule has 1 N–H and O–H groups in total. The van der Waals surface area contributed by atoms with Gasteiger partial charge in [-0.15, -0.1) is 11.3 Å². The van der Waals surface area contributed by atoms with Crippen LogP contribution in [0, 0.1) is 0 Å². The molecule has 4 aromatic rings. The molecule has 0 unspecified atom stereocenters. The Kier molecular flexibility index (Phi) is 3.98. The van der Waals surface area contributed by atoms with Crippen LogP contribution in [-0.4, -0.2) is 26.1 Å². The summed E-state index contributed by atoms with van der Waals surface area (Å²) in [5, 5.41) is 3.37. The fourth-order valence-corrected chi connectivity index (χ4v) is 4.03. The number of aromatic nitrogens is 1. The highest BCUT2D eigenvalue weighted by molar-refractivity contribution is 7.25. The van der Waals surface area contributed by atoms with Gasteiger partial charge in [-0.1, -0.05) is 18.2 Å². The van der Waals surface area contributed by atoms with Gasteiger partial charge in [0.25, 0.3) is 5.56 Å². The monoisotopic (exact) mass is 436 g/mol. The maximum atomic E-state index is 12.4. The Morgan fingerprint density at radius 1 is 1.00 bits per heavy atom. The lowest BCUT2D eigenvalue weighted by Gasteiger charge is -2.23. The molecule has 0 bridgehead atoms. The second-order valence-corrected chi connectivity index (χ2v) is 7.55. The van der Waals surface area contributed by atoms with E-state index in [1.807, 2.05) is 18.2 Å². The van der Waals surface area contributed by atoms with E-state index < -0.39 is 0 Å². The van der Waals surface area contributed by atoms with Gasteiger partial charge in [-0.2, -0.15) is 0 Å². The molecule has 0 saturated carbocycles. The molecule has 0 amide bonds. The Morgan fingerprint density at radius 3 is 2.48 bits per heavy atom. The fourth-order valence-electron chi connectivity index (χ4n) is 2.92. The Morgan fingerprint density at radius 2 is 1.74 bits per heavy atom.